The van der Waals surface area contributed by atoms with Crippen LogP contribution in [0.15, 0.2) is 96.3 Å². The fourth-order valence-corrected chi connectivity index (χ4v) is 5.90. The molecule has 4 rings (SSSR count). The number of benzene rings is 3. The van der Waals surface area contributed by atoms with E-state index in [1.54, 1.807) is 52.1 Å². The minimum Gasteiger partial charge on any atom is -0.333 e. The number of hydrogen-bond acceptors (Lipinski definition) is 4. The van der Waals surface area contributed by atoms with Crippen LogP contribution in [0.4, 0.5) is 0 Å². The summed E-state index contributed by atoms with van der Waals surface area (Å²) >= 11 is 6.14. The van der Waals surface area contributed by atoms with Crippen LogP contribution in [0, 0.1) is 5.92 Å². The van der Waals surface area contributed by atoms with Gasteiger partial charge < -0.3 is 9.47 Å². The van der Waals surface area contributed by atoms with Gasteiger partial charge in [0.1, 0.15) is 0 Å². The highest BCUT2D eigenvalue weighted by atomic mass is 35.5. The fourth-order valence-electron chi connectivity index (χ4n) is 4.22. The van der Waals surface area contributed by atoms with E-state index in [2.05, 4.69) is 4.98 Å². The van der Waals surface area contributed by atoms with Crippen molar-refractivity contribution in [1.29, 1.82) is 0 Å². The third kappa shape index (κ3) is 6.87. The molecule has 0 aliphatic heterocycles. The third-order valence-corrected chi connectivity index (χ3v) is 7.69. The summed E-state index contributed by atoms with van der Waals surface area (Å²) in [5.74, 6) is -0.122. The van der Waals surface area contributed by atoms with Gasteiger partial charge in [-0.2, -0.15) is 0 Å². The zero-order valence-electron chi connectivity index (χ0n) is 20.9. The van der Waals surface area contributed by atoms with Crippen molar-refractivity contribution in [1.82, 2.24) is 14.5 Å². The molecule has 0 N–H and O–H groups in total. The number of imidazole rings is 1. The summed E-state index contributed by atoms with van der Waals surface area (Å²) in [7, 11) is -3.75. The molecule has 0 saturated heterocycles. The molecule has 0 spiro atoms. The summed E-state index contributed by atoms with van der Waals surface area (Å²) < 4.78 is 28.7. The normalized spacial score (nSPS) is 11.6. The molecule has 4 aromatic rings. The average molecular weight is 536 g/mol. The quantitative estimate of drug-likeness (QED) is 0.255. The van der Waals surface area contributed by atoms with E-state index < -0.39 is 9.84 Å². The molecular weight excluding hydrogens is 506 g/mol. The molecule has 0 bridgehead atoms. The summed E-state index contributed by atoms with van der Waals surface area (Å²) in [6.45, 7) is 5.10. The Morgan fingerprint density at radius 1 is 0.946 bits per heavy atom. The van der Waals surface area contributed by atoms with Crippen LogP contribution < -0.4 is 0 Å². The highest BCUT2D eigenvalue weighted by Gasteiger charge is 2.26. The van der Waals surface area contributed by atoms with Crippen LogP contribution in [-0.4, -0.2) is 35.3 Å². The number of carbonyl (C=O) groups is 1. The van der Waals surface area contributed by atoms with Gasteiger partial charge in [0, 0.05) is 17.1 Å². The van der Waals surface area contributed by atoms with Crippen LogP contribution in [0.25, 0.3) is 0 Å². The maximum Gasteiger partial charge on any atom is 0.254 e. The van der Waals surface area contributed by atoms with Crippen molar-refractivity contribution in [2.24, 2.45) is 5.92 Å². The molecule has 0 radical (unpaired) electrons. The first-order valence-corrected chi connectivity index (χ1v) is 14.2. The van der Waals surface area contributed by atoms with E-state index >= 15 is 0 Å². The first kappa shape index (κ1) is 26.6. The van der Waals surface area contributed by atoms with Gasteiger partial charge in [0.2, 0.25) is 15.0 Å². The van der Waals surface area contributed by atoms with Crippen LogP contribution >= 0.6 is 11.6 Å². The average Bonchev–Trinajstić information content (AvgIpc) is 3.27. The van der Waals surface area contributed by atoms with Crippen molar-refractivity contribution in [3.8, 4) is 0 Å². The molecule has 1 amide bonds. The predicted octanol–water partition coefficient (Wildman–Crippen LogP) is 5.86. The maximum atomic E-state index is 13.5. The number of rotatable bonds is 10. The second-order valence-corrected chi connectivity index (χ2v) is 11.8. The smallest absolute Gasteiger partial charge is 0.254 e. The van der Waals surface area contributed by atoms with Gasteiger partial charge in [-0.05, 0) is 35.2 Å². The summed E-state index contributed by atoms with van der Waals surface area (Å²) in [6.07, 6.45) is 1.57. The Balaban J connectivity index is 1.72. The predicted molar refractivity (Wildman–Crippen MR) is 146 cm³/mol. The highest BCUT2D eigenvalue weighted by Crippen LogP contribution is 2.22. The van der Waals surface area contributed by atoms with E-state index in [9.17, 15) is 13.2 Å². The van der Waals surface area contributed by atoms with Crippen molar-refractivity contribution in [3.63, 3.8) is 0 Å². The molecule has 0 atom stereocenters. The Hall–Kier alpha value is -3.42. The summed E-state index contributed by atoms with van der Waals surface area (Å²) in [6, 6.07) is 25.6. The minimum absolute atomic E-state index is 0.00472. The fraction of sp³-hybridized carbons (Fsp3) is 0.241. The molecule has 1 heterocycles. The Bertz CT molecular complexity index is 1450. The van der Waals surface area contributed by atoms with Crippen LogP contribution in [0.5, 0.6) is 0 Å². The molecule has 0 unspecified atom stereocenters. The van der Waals surface area contributed by atoms with Gasteiger partial charge in [-0.1, -0.05) is 92.2 Å². The monoisotopic (exact) mass is 535 g/mol. The lowest BCUT2D eigenvalue weighted by atomic mass is 10.1. The van der Waals surface area contributed by atoms with Gasteiger partial charge in [0.25, 0.3) is 5.91 Å². The van der Waals surface area contributed by atoms with E-state index in [1.165, 1.54) is 0 Å². The zero-order valence-corrected chi connectivity index (χ0v) is 22.5. The van der Waals surface area contributed by atoms with Gasteiger partial charge in [-0.25, -0.2) is 13.4 Å². The maximum absolute atomic E-state index is 13.5. The minimum atomic E-state index is -3.75. The summed E-state index contributed by atoms with van der Waals surface area (Å²) in [5, 5.41) is 0.480. The van der Waals surface area contributed by atoms with Crippen LogP contribution in [-0.2, 0) is 28.7 Å². The lowest BCUT2D eigenvalue weighted by molar-refractivity contribution is 0.0718. The Morgan fingerprint density at radius 2 is 1.59 bits per heavy atom. The van der Waals surface area contributed by atoms with Crippen molar-refractivity contribution in [2.75, 3.05) is 6.54 Å². The molecule has 0 aliphatic rings. The third-order valence-electron chi connectivity index (χ3n) is 5.86. The molecule has 6 nitrogen and oxygen atoms in total. The Kier molecular flexibility index (Phi) is 8.46. The highest BCUT2D eigenvalue weighted by molar-refractivity contribution is 7.90. The van der Waals surface area contributed by atoms with E-state index in [4.69, 9.17) is 11.6 Å². The van der Waals surface area contributed by atoms with E-state index in [-0.39, 0.29) is 29.3 Å². The number of carbonyl (C=O) groups excluding carboxylic acids is 1. The largest absolute Gasteiger partial charge is 0.333 e. The summed E-state index contributed by atoms with van der Waals surface area (Å²) in [5.41, 5.74) is 2.76. The molecule has 3 aromatic carbocycles. The van der Waals surface area contributed by atoms with Crippen molar-refractivity contribution < 1.29 is 13.2 Å². The first-order valence-electron chi connectivity index (χ1n) is 12.1. The number of amides is 1. The van der Waals surface area contributed by atoms with Crippen molar-refractivity contribution >= 4 is 27.3 Å². The summed E-state index contributed by atoms with van der Waals surface area (Å²) in [4.78, 5) is 19.6. The van der Waals surface area contributed by atoms with E-state index in [0.29, 0.717) is 34.9 Å². The van der Waals surface area contributed by atoms with Gasteiger partial charge in [-0.3, -0.25) is 4.79 Å². The van der Waals surface area contributed by atoms with Gasteiger partial charge >= 0.3 is 0 Å². The lowest BCUT2D eigenvalue weighted by Gasteiger charge is -2.25. The molecule has 8 heteroatoms. The number of hydrogen-bond donors (Lipinski definition) is 0. The number of sulfone groups is 1. The zero-order chi connectivity index (χ0) is 26.4. The van der Waals surface area contributed by atoms with Gasteiger partial charge in [0.15, 0.2) is 0 Å². The number of aromatic nitrogens is 2. The molecule has 1 aromatic heterocycles. The van der Waals surface area contributed by atoms with Crippen LogP contribution in [0.2, 0.25) is 5.02 Å². The van der Waals surface area contributed by atoms with E-state index in [1.807, 2.05) is 62.4 Å². The molecule has 192 valence electrons. The van der Waals surface area contributed by atoms with Crippen LogP contribution in [0.3, 0.4) is 0 Å². The number of halogens is 1. The molecule has 0 aliphatic carbocycles. The Morgan fingerprint density at radius 3 is 2.22 bits per heavy atom. The van der Waals surface area contributed by atoms with Crippen molar-refractivity contribution in [3.05, 3.63) is 119 Å². The molecule has 0 fully saturated rings. The standard InChI is InChI=1S/C29H30ClN3O3S/c1-22(2)18-32(28(34)25-14-9-15-26(30)16-25)20-27-17-31-29(33(27)19-23-10-5-3-6-11-23)37(35,36)21-24-12-7-4-8-13-24/h3-17,22H,18-21H2,1-2H3. The van der Waals surface area contributed by atoms with E-state index in [0.717, 1.165) is 5.56 Å². The molecule has 0 saturated carbocycles. The Labute approximate surface area is 223 Å². The van der Waals surface area contributed by atoms with Crippen molar-refractivity contribution in [2.45, 2.75) is 37.8 Å². The second-order valence-electron chi connectivity index (χ2n) is 9.44. The topological polar surface area (TPSA) is 72.3 Å². The SMILES string of the molecule is CC(C)CN(Cc1cnc(S(=O)(=O)Cc2ccccc2)n1Cc1ccccc1)C(=O)c1cccc(Cl)c1. The molecule has 37 heavy (non-hydrogen) atoms. The van der Waals surface area contributed by atoms with Gasteiger partial charge in [0.05, 0.1) is 30.7 Å². The molecular formula is C29H30ClN3O3S. The van der Waals surface area contributed by atoms with Crippen LogP contribution in [0.1, 0.15) is 41.0 Å². The number of nitrogens with zero attached hydrogens (tertiary/aromatic N) is 3. The second kappa shape index (κ2) is 11.8. The van der Waals surface area contributed by atoms with Gasteiger partial charge in [-0.15, -0.1) is 0 Å². The first-order chi connectivity index (χ1) is 17.7. The lowest BCUT2D eigenvalue weighted by Crippen LogP contribution is -2.34.